The van der Waals surface area contributed by atoms with E-state index in [9.17, 15) is 19.1 Å². The summed E-state index contributed by atoms with van der Waals surface area (Å²) in [5.41, 5.74) is 0.419. The summed E-state index contributed by atoms with van der Waals surface area (Å²) in [6.45, 7) is 0. The minimum absolute atomic E-state index is 0.0408. The van der Waals surface area contributed by atoms with Crippen molar-refractivity contribution in [3.63, 3.8) is 0 Å². The van der Waals surface area contributed by atoms with Gasteiger partial charge in [0.1, 0.15) is 5.82 Å². The van der Waals surface area contributed by atoms with Crippen LogP contribution < -0.4 is 5.32 Å². The third kappa shape index (κ3) is 3.37. The van der Waals surface area contributed by atoms with Crippen molar-refractivity contribution in [3.8, 4) is 12.3 Å². The van der Waals surface area contributed by atoms with E-state index < -0.39 is 11.9 Å². The zero-order chi connectivity index (χ0) is 18.8. The van der Waals surface area contributed by atoms with E-state index in [-0.39, 0.29) is 33.2 Å². The minimum atomic E-state index is -1.25. The zero-order valence-corrected chi connectivity index (χ0v) is 14.0. The summed E-state index contributed by atoms with van der Waals surface area (Å²) in [4.78, 5) is 23.9. The van der Waals surface area contributed by atoms with Gasteiger partial charge in [-0.3, -0.25) is 4.79 Å². The number of carbonyl (C=O) groups is 2. The summed E-state index contributed by atoms with van der Waals surface area (Å²) in [5.74, 6) is 0.187. The Labute approximate surface area is 153 Å². The molecule has 0 saturated heterocycles. The fourth-order valence-electron chi connectivity index (χ4n) is 2.52. The summed E-state index contributed by atoms with van der Waals surface area (Å²) in [6, 6.07) is 11.5. The fraction of sp³-hybridized carbons (Fsp3) is 0. The predicted molar refractivity (Wildman–Crippen MR) is 98.2 cm³/mol. The van der Waals surface area contributed by atoms with Crippen LogP contribution >= 0.6 is 11.6 Å². The number of anilines is 1. The molecule has 0 radical (unpaired) electrons. The molecule has 26 heavy (non-hydrogen) atoms. The minimum Gasteiger partial charge on any atom is -0.478 e. The lowest BCUT2D eigenvalue weighted by atomic mass is 10.1. The van der Waals surface area contributed by atoms with Crippen molar-refractivity contribution in [1.82, 2.24) is 0 Å². The van der Waals surface area contributed by atoms with Gasteiger partial charge in [0.15, 0.2) is 0 Å². The topological polar surface area (TPSA) is 66.4 Å². The van der Waals surface area contributed by atoms with Crippen LogP contribution in [0.2, 0.25) is 5.02 Å². The van der Waals surface area contributed by atoms with Crippen LogP contribution in [0, 0.1) is 18.2 Å². The Balaban J connectivity index is 1.98. The molecule has 0 aliphatic rings. The number of carbonyl (C=O) groups excluding carboxylic acids is 1. The van der Waals surface area contributed by atoms with Crippen molar-refractivity contribution in [2.75, 3.05) is 5.32 Å². The molecule has 0 saturated carbocycles. The van der Waals surface area contributed by atoms with E-state index in [1.54, 1.807) is 18.2 Å². The largest absolute Gasteiger partial charge is 0.478 e. The van der Waals surface area contributed by atoms with Crippen LogP contribution in [0.1, 0.15) is 26.3 Å². The van der Waals surface area contributed by atoms with Crippen LogP contribution in [0.4, 0.5) is 10.1 Å². The Bertz CT molecular complexity index is 1100. The van der Waals surface area contributed by atoms with Crippen LogP contribution in [0.3, 0.4) is 0 Å². The van der Waals surface area contributed by atoms with E-state index in [1.165, 1.54) is 30.3 Å². The predicted octanol–water partition coefficient (Wildman–Crippen LogP) is 4.56. The highest BCUT2D eigenvalue weighted by Crippen LogP contribution is 2.26. The number of amides is 1. The number of hydrogen-bond acceptors (Lipinski definition) is 2. The number of halogens is 2. The summed E-state index contributed by atoms with van der Waals surface area (Å²) < 4.78 is 13.2. The van der Waals surface area contributed by atoms with E-state index in [1.807, 2.05) is 0 Å². The molecule has 0 heterocycles. The maximum Gasteiger partial charge on any atom is 0.337 e. The molecule has 4 nitrogen and oxygen atoms in total. The molecule has 0 bridgehead atoms. The molecule has 0 unspecified atom stereocenters. The molecule has 0 aliphatic carbocycles. The lowest BCUT2D eigenvalue weighted by Gasteiger charge is -2.11. The molecular weight excluding hydrogens is 357 g/mol. The molecule has 1 amide bonds. The van der Waals surface area contributed by atoms with Gasteiger partial charge in [-0.15, -0.1) is 6.42 Å². The van der Waals surface area contributed by atoms with Gasteiger partial charge in [0.2, 0.25) is 0 Å². The molecule has 0 aliphatic heterocycles. The molecule has 2 N–H and O–H groups in total. The van der Waals surface area contributed by atoms with Crippen LogP contribution in [-0.2, 0) is 0 Å². The molecule has 0 fully saturated rings. The highest BCUT2D eigenvalue weighted by Gasteiger charge is 2.16. The molecule has 0 atom stereocenters. The number of terminal acetylenes is 1. The first-order chi connectivity index (χ1) is 12.4. The highest BCUT2D eigenvalue weighted by atomic mass is 35.5. The smallest absolute Gasteiger partial charge is 0.337 e. The summed E-state index contributed by atoms with van der Waals surface area (Å²) in [6.07, 6.45) is 5.34. The van der Waals surface area contributed by atoms with Crippen molar-refractivity contribution >= 4 is 39.9 Å². The Morgan fingerprint density at radius 3 is 2.46 bits per heavy atom. The van der Waals surface area contributed by atoms with Gasteiger partial charge in [-0.05, 0) is 47.2 Å². The molecular formula is C20H11ClFNO3. The van der Waals surface area contributed by atoms with Gasteiger partial charge in [-0.2, -0.15) is 0 Å². The molecule has 128 valence electrons. The lowest BCUT2D eigenvalue weighted by molar-refractivity contribution is 0.0698. The first kappa shape index (κ1) is 17.5. The number of fused-ring (bicyclic) bond motifs is 1. The van der Waals surface area contributed by atoms with Crippen molar-refractivity contribution in [2.24, 2.45) is 0 Å². The van der Waals surface area contributed by atoms with Crippen molar-refractivity contribution in [2.45, 2.75) is 0 Å². The number of benzene rings is 3. The highest BCUT2D eigenvalue weighted by molar-refractivity contribution is 6.32. The quantitative estimate of drug-likeness (QED) is 0.667. The first-order valence-corrected chi connectivity index (χ1v) is 7.81. The maximum absolute atomic E-state index is 13.2. The molecule has 3 aromatic carbocycles. The average molecular weight is 368 g/mol. The van der Waals surface area contributed by atoms with Gasteiger partial charge in [-0.25, -0.2) is 9.18 Å². The van der Waals surface area contributed by atoms with E-state index in [2.05, 4.69) is 11.2 Å². The van der Waals surface area contributed by atoms with Gasteiger partial charge < -0.3 is 10.4 Å². The Kier molecular flexibility index (Phi) is 4.61. The average Bonchev–Trinajstić information content (AvgIpc) is 2.62. The summed E-state index contributed by atoms with van der Waals surface area (Å²) in [5, 5.41) is 13.3. The number of rotatable bonds is 3. The van der Waals surface area contributed by atoms with Crippen molar-refractivity contribution in [1.29, 1.82) is 0 Å². The van der Waals surface area contributed by atoms with Gasteiger partial charge in [0.25, 0.3) is 5.91 Å². The number of nitrogens with one attached hydrogen (secondary N) is 1. The van der Waals surface area contributed by atoms with Gasteiger partial charge in [0, 0.05) is 11.1 Å². The second-order valence-electron chi connectivity index (χ2n) is 5.49. The number of carboxylic acids is 1. The van der Waals surface area contributed by atoms with E-state index >= 15 is 0 Å². The number of hydrogen-bond donors (Lipinski definition) is 2. The van der Waals surface area contributed by atoms with Crippen LogP contribution in [0.25, 0.3) is 10.8 Å². The molecule has 0 aromatic heterocycles. The summed E-state index contributed by atoms with van der Waals surface area (Å²) >= 11 is 5.93. The molecule has 0 spiro atoms. The number of aromatic carboxylic acids is 1. The van der Waals surface area contributed by atoms with E-state index in [0.717, 1.165) is 0 Å². The lowest BCUT2D eigenvalue weighted by Crippen LogP contribution is -2.15. The third-order valence-electron chi connectivity index (χ3n) is 3.81. The van der Waals surface area contributed by atoms with Gasteiger partial charge in [-0.1, -0.05) is 29.7 Å². The van der Waals surface area contributed by atoms with Gasteiger partial charge >= 0.3 is 5.97 Å². The standard InChI is InChI=1S/C20H11ClFNO3/c1-2-11-9-18(16(20(25)26)10-17(11)21)23-19(24)14-4-3-13-8-15(22)6-5-12(13)7-14/h1,3-10H,(H,23,24)(H,25,26). The van der Waals surface area contributed by atoms with Crippen LogP contribution in [0.15, 0.2) is 48.5 Å². The van der Waals surface area contributed by atoms with Crippen molar-refractivity contribution in [3.05, 3.63) is 76.1 Å². The number of carboxylic acid groups (broad SMARTS) is 1. The van der Waals surface area contributed by atoms with Gasteiger partial charge in [0.05, 0.1) is 16.3 Å². The van der Waals surface area contributed by atoms with Crippen LogP contribution in [-0.4, -0.2) is 17.0 Å². The van der Waals surface area contributed by atoms with E-state index in [0.29, 0.717) is 10.8 Å². The second-order valence-corrected chi connectivity index (χ2v) is 5.89. The molecule has 6 heteroatoms. The Morgan fingerprint density at radius 1 is 1.08 bits per heavy atom. The molecule has 3 rings (SSSR count). The normalized spacial score (nSPS) is 10.3. The SMILES string of the molecule is C#Cc1cc(NC(=O)c2ccc3cc(F)ccc3c2)c(C(=O)O)cc1Cl. The van der Waals surface area contributed by atoms with Crippen molar-refractivity contribution < 1.29 is 19.1 Å². The first-order valence-electron chi connectivity index (χ1n) is 7.43. The molecule has 3 aromatic rings. The summed E-state index contributed by atoms with van der Waals surface area (Å²) in [7, 11) is 0. The monoisotopic (exact) mass is 367 g/mol. The van der Waals surface area contributed by atoms with E-state index in [4.69, 9.17) is 18.0 Å². The Hall–Kier alpha value is -3.36. The Morgan fingerprint density at radius 2 is 1.77 bits per heavy atom. The zero-order valence-electron chi connectivity index (χ0n) is 13.2. The fourth-order valence-corrected chi connectivity index (χ4v) is 2.73. The second kappa shape index (κ2) is 6.87. The van der Waals surface area contributed by atoms with Crippen LogP contribution in [0.5, 0.6) is 0 Å². The third-order valence-corrected chi connectivity index (χ3v) is 4.12. The maximum atomic E-state index is 13.2.